The molecule has 0 aromatic heterocycles. The topological polar surface area (TPSA) is 34.1 Å². The van der Waals surface area contributed by atoms with Crippen LogP contribution in [0.3, 0.4) is 0 Å². The van der Waals surface area contributed by atoms with Crippen LogP contribution in [-0.2, 0) is 9.59 Å². The molecule has 0 saturated heterocycles. The van der Waals surface area contributed by atoms with Crippen molar-refractivity contribution in [2.45, 2.75) is 13.8 Å². The summed E-state index contributed by atoms with van der Waals surface area (Å²) in [7, 11) is 0.0833. The molecule has 3 heteroatoms. The van der Waals surface area contributed by atoms with E-state index < -0.39 is 0 Å². The fourth-order valence-electron chi connectivity index (χ4n) is 0.351. The second kappa shape index (κ2) is 2.64. The zero-order chi connectivity index (χ0) is 5.86. The van der Waals surface area contributed by atoms with E-state index in [0.717, 1.165) is 0 Å². The average Bonchev–Trinajstić information content (AvgIpc) is 1.27. The van der Waals surface area contributed by atoms with Gasteiger partial charge in [-0.05, 0) is 0 Å². The molecule has 0 N–H and O–H groups in total. The summed E-state index contributed by atoms with van der Waals surface area (Å²) in [6, 6.07) is 0. The van der Waals surface area contributed by atoms with Crippen LogP contribution < -0.4 is 0 Å². The van der Waals surface area contributed by atoms with Crippen LogP contribution in [0, 0.1) is 0 Å². The van der Waals surface area contributed by atoms with Crippen molar-refractivity contribution in [3.8, 4) is 0 Å². The molecule has 0 radical (unpaired) electrons. The molecule has 0 fully saturated rings. The number of hydrogen-bond donors (Lipinski definition) is 0. The van der Waals surface area contributed by atoms with Crippen LogP contribution in [0.1, 0.15) is 13.8 Å². The van der Waals surface area contributed by atoms with Crippen LogP contribution in [-0.4, -0.2) is 19.8 Å². The zero-order valence-electron chi connectivity index (χ0n) is 4.52. The van der Waals surface area contributed by atoms with Gasteiger partial charge in [0.1, 0.15) is 0 Å². The van der Waals surface area contributed by atoms with Crippen molar-refractivity contribution in [2.75, 3.05) is 0 Å². The zero-order valence-corrected chi connectivity index (χ0v) is 4.52. The van der Waals surface area contributed by atoms with Crippen LogP contribution >= 0.6 is 0 Å². The minimum atomic E-state index is -0.0625. The molecule has 0 bridgehead atoms. The Morgan fingerprint density at radius 2 is 1.43 bits per heavy atom. The van der Waals surface area contributed by atoms with Gasteiger partial charge in [-0.2, -0.15) is 0 Å². The molecule has 2 nitrogen and oxygen atoms in total. The molecule has 36 valence electrons. The second-order valence-electron chi connectivity index (χ2n) is 1.58. The molecule has 0 amide bonds. The van der Waals surface area contributed by atoms with Gasteiger partial charge in [-0.25, -0.2) is 0 Å². The Hall–Kier alpha value is -0.491. The number of carbonyl (C=O) groups is 2. The summed E-state index contributed by atoms with van der Waals surface area (Å²) >= 11 is 0. The quantitative estimate of drug-likeness (QED) is 0.444. The van der Waals surface area contributed by atoms with Gasteiger partial charge in [-0.3, -0.25) is 0 Å². The summed E-state index contributed by atoms with van der Waals surface area (Å²) in [5.74, 6) is 0. The molecular formula is C4H6BeO2. The van der Waals surface area contributed by atoms with E-state index in [0.29, 0.717) is 0 Å². The van der Waals surface area contributed by atoms with E-state index in [4.69, 9.17) is 0 Å². The molecule has 0 spiro atoms. The van der Waals surface area contributed by atoms with Crippen LogP contribution in [0.2, 0.25) is 0 Å². The van der Waals surface area contributed by atoms with Crippen molar-refractivity contribution in [2.24, 2.45) is 0 Å². The Morgan fingerprint density at radius 1 is 1.14 bits per heavy atom. The Morgan fingerprint density at radius 3 is 1.43 bits per heavy atom. The number of carbonyl (C=O) groups excluding carboxylic acids is 2. The maximum absolute atomic E-state index is 10.0. The van der Waals surface area contributed by atoms with Crippen molar-refractivity contribution in [3.63, 3.8) is 0 Å². The Kier molecular flexibility index (Phi) is 2.46. The third kappa shape index (κ3) is 5.51. The molecule has 0 aromatic carbocycles. The van der Waals surface area contributed by atoms with Gasteiger partial charge in [-0.15, -0.1) is 0 Å². The standard InChI is InChI=1S/2C2H3O.Be/c2*1-2-3;/h2*1H3;. The van der Waals surface area contributed by atoms with Crippen LogP contribution in [0.5, 0.6) is 0 Å². The van der Waals surface area contributed by atoms with E-state index in [1.54, 1.807) is 0 Å². The molecule has 0 heterocycles. The normalized spacial score (nSPS) is 7.14. The summed E-state index contributed by atoms with van der Waals surface area (Å²) in [6.45, 7) is 2.81. The number of hydrogen-bond acceptors (Lipinski definition) is 2. The van der Waals surface area contributed by atoms with E-state index in [1.165, 1.54) is 13.8 Å². The number of rotatable bonds is 2. The second-order valence-corrected chi connectivity index (χ2v) is 1.58. The van der Waals surface area contributed by atoms with Gasteiger partial charge in [-0.1, -0.05) is 0 Å². The SMILES string of the molecule is C[C](=O)[Be][C](C)=O. The Bertz CT molecular complexity index is 85.9. The van der Waals surface area contributed by atoms with Crippen molar-refractivity contribution in [3.05, 3.63) is 0 Å². The van der Waals surface area contributed by atoms with Crippen LogP contribution in [0.15, 0.2) is 0 Å². The molecular weight excluding hydrogens is 89.1 g/mol. The van der Waals surface area contributed by atoms with Gasteiger partial charge < -0.3 is 0 Å². The Balaban J connectivity index is 3.32. The molecule has 0 atom stereocenters. The average molecular weight is 95.1 g/mol. The summed E-state index contributed by atoms with van der Waals surface area (Å²) in [5, 5.41) is 0. The summed E-state index contributed by atoms with van der Waals surface area (Å²) in [4.78, 5) is 20.1. The van der Waals surface area contributed by atoms with Gasteiger partial charge in [0, 0.05) is 0 Å². The van der Waals surface area contributed by atoms with E-state index in [-0.39, 0.29) is 19.8 Å². The molecule has 0 aromatic rings. The van der Waals surface area contributed by atoms with Crippen molar-refractivity contribution in [1.29, 1.82) is 0 Å². The molecule has 0 saturated carbocycles. The summed E-state index contributed by atoms with van der Waals surface area (Å²) in [6.07, 6.45) is 0. The minimum absolute atomic E-state index is 0.0625. The van der Waals surface area contributed by atoms with E-state index in [9.17, 15) is 9.59 Å². The van der Waals surface area contributed by atoms with Crippen molar-refractivity contribution >= 4 is 19.8 Å². The van der Waals surface area contributed by atoms with Crippen molar-refractivity contribution < 1.29 is 9.59 Å². The predicted molar refractivity (Wildman–Crippen MR) is 27.1 cm³/mol. The molecule has 0 rings (SSSR count). The maximum atomic E-state index is 10.0. The molecule has 7 heavy (non-hydrogen) atoms. The fraction of sp³-hybridized carbons (Fsp3) is 0.500. The van der Waals surface area contributed by atoms with E-state index in [1.807, 2.05) is 0 Å². The summed E-state index contributed by atoms with van der Waals surface area (Å²) < 4.78 is 0. The first-order valence-electron chi connectivity index (χ1n) is 2.12. The fourth-order valence-corrected chi connectivity index (χ4v) is 0.351. The molecule has 0 aliphatic heterocycles. The third-order valence-electron chi connectivity index (χ3n) is 0.498. The first-order chi connectivity index (χ1) is 3.13. The van der Waals surface area contributed by atoms with E-state index in [2.05, 4.69) is 0 Å². The molecule has 0 unspecified atom stereocenters. The summed E-state index contributed by atoms with van der Waals surface area (Å²) in [5.41, 5.74) is -0.125. The van der Waals surface area contributed by atoms with Gasteiger partial charge in [0.25, 0.3) is 0 Å². The van der Waals surface area contributed by atoms with Gasteiger partial charge >= 0.3 is 43.2 Å². The Labute approximate surface area is 44.2 Å². The first kappa shape index (κ1) is 6.51. The van der Waals surface area contributed by atoms with Crippen molar-refractivity contribution in [1.82, 2.24) is 0 Å². The van der Waals surface area contributed by atoms with Gasteiger partial charge in [0.15, 0.2) is 0 Å². The first-order valence-corrected chi connectivity index (χ1v) is 2.12. The third-order valence-corrected chi connectivity index (χ3v) is 0.498. The van der Waals surface area contributed by atoms with Gasteiger partial charge in [0.2, 0.25) is 0 Å². The molecule has 0 aliphatic carbocycles. The molecule has 0 aliphatic rings. The van der Waals surface area contributed by atoms with Crippen LogP contribution in [0.25, 0.3) is 0 Å². The van der Waals surface area contributed by atoms with Crippen LogP contribution in [0.4, 0.5) is 0 Å². The monoisotopic (exact) mass is 95.0 g/mol. The van der Waals surface area contributed by atoms with Gasteiger partial charge in [0.05, 0.1) is 0 Å². The predicted octanol–water partition coefficient (Wildman–Crippen LogP) is -0.216. The van der Waals surface area contributed by atoms with E-state index >= 15 is 0 Å².